The summed E-state index contributed by atoms with van der Waals surface area (Å²) in [5.74, 6) is 6.40. The maximum atomic E-state index is 13.6. The van der Waals surface area contributed by atoms with E-state index in [1.807, 2.05) is 17.1 Å². The lowest BCUT2D eigenvalue weighted by Gasteiger charge is -2.62. The van der Waals surface area contributed by atoms with Crippen LogP contribution in [0.25, 0.3) is 44.3 Å². The molecule has 7 saturated carbocycles. The first-order chi connectivity index (χ1) is 41.2. The fraction of sp³-hybridized carbons (Fsp3) is 0.729. The summed E-state index contributed by atoms with van der Waals surface area (Å²) in [4.78, 5) is 40.4. The Labute approximate surface area is 515 Å². The second-order valence-corrected chi connectivity index (χ2v) is 30.6. The smallest absolute Gasteiger partial charge is 0.328 e. The molecule has 16 heteroatoms. The first-order valence-corrected chi connectivity index (χ1v) is 33.8. The Hall–Kier alpha value is -4.86. The van der Waals surface area contributed by atoms with Crippen molar-refractivity contribution in [3.05, 3.63) is 48.8 Å². The molecule has 17 atom stereocenters. The van der Waals surface area contributed by atoms with Crippen molar-refractivity contribution >= 4 is 51.5 Å². The van der Waals surface area contributed by atoms with E-state index >= 15 is 0 Å². The highest BCUT2D eigenvalue weighted by atomic mass is 35.5. The Morgan fingerprint density at radius 3 is 2.01 bits per heavy atom. The number of fused-ring (bicyclic) bond motifs is 11. The molecule has 2 N–H and O–H groups in total. The summed E-state index contributed by atoms with van der Waals surface area (Å²) >= 11 is 6.13. The third-order valence-corrected chi connectivity index (χ3v) is 26.3. The number of carbonyl (C=O) groups is 3. The molecule has 7 fully saturated rings. The lowest BCUT2D eigenvalue weighted by Crippen LogP contribution is -2.56. The third kappa shape index (κ3) is 11.4. The van der Waals surface area contributed by atoms with E-state index in [2.05, 4.69) is 110 Å². The minimum atomic E-state index is -0.844. The number of hydrogen-bond acceptors (Lipinski definition) is 12. The van der Waals surface area contributed by atoms with Gasteiger partial charge in [0, 0.05) is 58.9 Å². The fourth-order valence-corrected chi connectivity index (χ4v) is 21.0. The number of benzene rings is 2. The van der Waals surface area contributed by atoms with Crippen molar-refractivity contribution < 1.29 is 33.7 Å². The minimum Gasteiger partial charge on any atom is -0.469 e. The second kappa shape index (κ2) is 24.2. The van der Waals surface area contributed by atoms with Gasteiger partial charge in [-0.25, -0.2) is 14.2 Å². The van der Waals surface area contributed by atoms with Gasteiger partial charge in [-0.2, -0.15) is 0 Å². The van der Waals surface area contributed by atoms with Crippen molar-refractivity contribution in [1.82, 2.24) is 39.4 Å². The highest BCUT2D eigenvalue weighted by Gasteiger charge is 2.62. The molecule has 0 amide bonds. The van der Waals surface area contributed by atoms with Crippen LogP contribution in [-0.4, -0.2) is 90.0 Å². The van der Waals surface area contributed by atoms with Crippen LogP contribution >= 0.6 is 11.8 Å². The molecule has 468 valence electrons. The van der Waals surface area contributed by atoms with E-state index < -0.39 is 5.60 Å². The molecule has 7 aliphatic carbocycles. The molecule has 7 aliphatic rings. The zero-order chi connectivity index (χ0) is 60.5. The zero-order valence-electron chi connectivity index (χ0n) is 53.1. The normalized spacial score (nSPS) is 35.1. The van der Waals surface area contributed by atoms with E-state index in [9.17, 15) is 19.5 Å². The van der Waals surface area contributed by atoms with E-state index in [1.165, 1.54) is 84.8 Å². The lowest BCUT2D eigenvalue weighted by atomic mass is 9.43. The predicted molar refractivity (Wildman–Crippen MR) is 335 cm³/mol. The number of rotatable bonds is 19. The van der Waals surface area contributed by atoms with Gasteiger partial charge in [-0.1, -0.05) is 83.2 Å². The Morgan fingerprint density at radius 1 is 0.686 bits per heavy atom. The van der Waals surface area contributed by atoms with E-state index in [0.29, 0.717) is 90.9 Å². The highest BCUT2D eigenvalue weighted by Crippen LogP contribution is 2.69. The number of nitrogens with one attached hydrogen (secondary N) is 1. The minimum absolute atomic E-state index is 0.00624. The summed E-state index contributed by atoms with van der Waals surface area (Å²) < 4.78 is 22.0. The van der Waals surface area contributed by atoms with Crippen LogP contribution in [0.2, 0.25) is 0 Å². The predicted octanol–water partition coefficient (Wildman–Crippen LogP) is 14.2. The van der Waals surface area contributed by atoms with Crippen molar-refractivity contribution in [2.24, 2.45) is 86.8 Å². The van der Waals surface area contributed by atoms with Gasteiger partial charge >= 0.3 is 17.9 Å². The van der Waals surface area contributed by atoms with Crippen molar-refractivity contribution in [3.8, 4) is 22.5 Å². The molecule has 0 saturated heterocycles. The van der Waals surface area contributed by atoms with Gasteiger partial charge in [0.2, 0.25) is 0 Å². The van der Waals surface area contributed by atoms with Crippen molar-refractivity contribution in [1.29, 1.82) is 0 Å². The standard InChI is InChI=1S/C70H99ClN8O7/c1-43(10-22-63(80)84-8)45(3)66(4)27-25-56-48(37-66)12-15-49-36-51(24-28-67(49,56)5)86-65(82)41-77-39-59(73-75-77)46-13-17-52-53-18-14-47(35-62(53)79(33-32-72-71)61(52)34-46)60-40-78(76-74-60)42-70(83)31-30-68(6)50(38-70)16-19-54-57-21-20-55(44(2)11-23-64(81)85-9)69(57,7)29-26-58(54)68/h13-14,17-18,34-35,39-40,43-45,48-51,54-58,72,83H,10-12,15-16,19-33,36-38,41-42H2,1-9H3/t43-,44-,45?,48+,49-,50-,51-,54+,55?,56?,57+,58?,66?,67-,68?,69?,70+/m1/s1. The number of methoxy groups -OCH3 is 2. The van der Waals surface area contributed by atoms with Gasteiger partial charge in [0.1, 0.15) is 24.0 Å². The number of aliphatic hydroxyl groups is 1. The zero-order valence-corrected chi connectivity index (χ0v) is 53.9. The molecule has 15 nitrogen and oxygen atoms in total. The molecule has 7 unspecified atom stereocenters. The first kappa shape index (κ1) is 61.4. The van der Waals surface area contributed by atoms with Crippen LogP contribution < -0.4 is 4.84 Å². The van der Waals surface area contributed by atoms with Crippen LogP contribution in [0.3, 0.4) is 0 Å². The maximum absolute atomic E-state index is 13.6. The van der Waals surface area contributed by atoms with Gasteiger partial charge in [0.05, 0.1) is 38.8 Å². The molecular formula is C70H99ClN8O7. The van der Waals surface area contributed by atoms with Gasteiger partial charge in [0.25, 0.3) is 0 Å². The van der Waals surface area contributed by atoms with E-state index in [4.69, 9.17) is 31.1 Å². The molecule has 86 heavy (non-hydrogen) atoms. The second-order valence-electron chi connectivity index (χ2n) is 30.3. The molecule has 3 aromatic heterocycles. The Morgan fingerprint density at radius 2 is 1.31 bits per heavy atom. The Bertz CT molecular complexity index is 3280. The summed E-state index contributed by atoms with van der Waals surface area (Å²) in [6.45, 7) is 18.9. The van der Waals surface area contributed by atoms with E-state index in [1.54, 1.807) is 4.68 Å². The van der Waals surface area contributed by atoms with Gasteiger partial charge in [-0.3, -0.25) is 14.4 Å². The van der Waals surface area contributed by atoms with Crippen molar-refractivity contribution in [2.75, 3.05) is 20.8 Å². The summed E-state index contributed by atoms with van der Waals surface area (Å²) in [6.07, 6.45) is 25.9. The molecule has 0 bridgehead atoms. The Balaban J connectivity index is 0.664. The highest BCUT2D eigenvalue weighted by molar-refractivity contribution is 6.13. The van der Waals surface area contributed by atoms with Crippen LogP contribution in [0.1, 0.15) is 183 Å². The molecule has 5 aromatic rings. The van der Waals surface area contributed by atoms with Gasteiger partial charge in [-0.05, 0) is 233 Å². The van der Waals surface area contributed by atoms with Crippen LogP contribution in [0.5, 0.6) is 0 Å². The number of aromatic nitrogens is 7. The molecule has 0 aliphatic heterocycles. The number of hydrogen-bond donors (Lipinski definition) is 2. The van der Waals surface area contributed by atoms with E-state index in [-0.39, 0.29) is 46.8 Å². The summed E-state index contributed by atoms with van der Waals surface area (Å²) in [6, 6.07) is 12.8. The number of esters is 3. The van der Waals surface area contributed by atoms with E-state index in [0.717, 1.165) is 108 Å². The SMILES string of the molecule is COC(=O)CC[C@@H](C)C(C)C1(C)CCC2[C@@H](CC[C@@H]3C[C@H](OC(=O)Cn4cc(-c5ccc6c7ccc(-c8cn(C[C@]9(O)CCC%10(C)C%11CCC%12(C)C([C@H](C)CCC(=O)OC)CC[C@H]%12[C@@H]%11CC[C@@H]%10C9)nn8)cc7n(CCNCl)c6c5)nn4)CC[C@@]23C)C1. The molecule has 0 radical (unpaired) electrons. The first-order valence-electron chi connectivity index (χ1n) is 33.4. The average Bonchev–Trinajstić information content (AvgIpc) is 1.30. The fourth-order valence-electron chi connectivity index (χ4n) is 20.9. The third-order valence-electron chi connectivity index (χ3n) is 26.2. The Kier molecular flexibility index (Phi) is 17.2. The van der Waals surface area contributed by atoms with Crippen molar-refractivity contribution in [3.63, 3.8) is 0 Å². The van der Waals surface area contributed by atoms with Crippen molar-refractivity contribution in [2.45, 2.75) is 215 Å². The largest absolute Gasteiger partial charge is 0.469 e. The summed E-state index contributed by atoms with van der Waals surface area (Å²) in [5, 5.41) is 33.0. The molecular weight excluding hydrogens is 1100 g/mol. The topological polar surface area (TPSA) is 178 Å². The molecule has 2 aromatic carbocycles. The van der Waals surface area contributed by atoms with Gasteiger partial charge in [-0.15, -0.1) is 10.2 Å². The summed E-state index contributed by atoms with van der Waals surface area (Å²) in [5.41, 5.74) is 5.66. The van der Waals surface area contributed by atoms with Crippen LogP contribution in [-0.2, 0) is 48.2 Å². The number of ether oxygens (including phenoxy) is 3. The number of carbonyl (C=O) groups excluding carboxylic acids is 3. The monoisotopic (exact) mass is 1200 g/mol. The van der Waals surface area contributed by atoms with Crippen LogP contribution in [0.4, 0.5) is 0 Å². The van der Waals surface area contributed by atoms with Crippen LogP contribution in [0, 0.1) is 86.8 Å². The maximum Gasteiger partial charge on any atom is 0.328 e. The van der Waals surface area contributed by atoms with Gasteiger partial charge in [0.15, 0.2) is 0 Å². The summed E-state index contributed by atoms with van der Waals surface area (Å²) in [7, 11) is 2.98. The lowest BCUT2D eigenvalue weighted by molar-refractivity contribution is -0.161. The number of halogens is 1. The quantitative estimate of drug-likeness (QED) is 0.0455. The molecule has 3 heterocycles. The number of nitrogens with zero attached hydrogens (tertiary/aromatic N) is 7. The molecule has 0 spiro atoms. The average molecular weight is 1200 g/mol. The molecule has 12 rings (SSSR count). The van der Waals surface area contributed by atoms with Crippen LogP contribution in [0.15, 0.2) is 48.8 Å². The van der Waals surface area contributed by atoms with Gasteiger partial charge < -0.3 is 23.9 Å².